The molecule has 1 aliphatic rings. The van der Waals surface area contributed by atoms with E-state index in [1.54, 1.807) is 11.9 Å². The van der Waals surface area contributed by atoms with E-state index in [-0.39, 0.29) is 5.78 Å². The summed E-state index contributed by atoms with van der Waals surface area (Å²) in [6, 6.07) is 17.6. The van der Waals surface area contributed by atoms with Gasteiger partial charge in [-0.2, -0.15) is 0 Å². The summed E-state index contributed by atoms with van der Waals surface area (Å²) in [7, 11) is 0. The normalized spacial score (nSPS) is 13.2. The van der Waals surface area contributed by atoms with Gasteiger partial charge in [0.2, 0.25) is 0 Å². The van der Waals surface area contributed by atoms with Crippen molar-refractivity contribution in [1.82, 2.24) is 4.31 Å². The minimum atomic E-state index is 0.136. The molecule has 19 heavy (non-hydrogen) atoms. The average Bonchev–Trinajstić information content (AvgIpc) is 2.48. The van der Waals surface area contributed by atoms with E-state index in [1.807, 2.05) is 59.0 Å². The van der Waals surface area contributed by atoms with Crippen LogP contribution in [0.5, 0.6) is 0 Å². The molecule has 0 saturated heterocycles. The highest BCUT2D eigenvalue weighted by atomic mass is 32.2. The monoisotopic (exact) mass is 267 g/mol. The molecule has 1 aliphatic heterocycles. The topological polar surface area (TPSA) is 20.3 Å². The summed E-state index contributed by atoms with van der Waals surface area (Å²) in [5, 5.41) is 0. The molecule has 0 radical (unpaired) electrons. The van der Waals surface area contributed by atoms with E-state index in [4.69, 9.17) is 0 Å². The number of carbonyl (C=O) groups excluding carboxylic acids is 1. The molecule has 1 heterocycles. The molecule has 94 valence electrons. The first kappa shape index (κ1) is 12.1. The van der Waals surface area contributed by atoms with Gasteiger partial charge in [0.05, 0.1) is 6.54 Å². The van der Waals surface area contributed by atoms with Gasteiger partial charge in [-0.25, -0.2) is 0 Å². The predicted octanol–water partition coefficient (Wildman–Crippen LogP) is 3.86. The van der Waals surface area contributed by atoms with Crippen LogP contribution in [-0.2, 0) is 0 Å². The Morgan fingerprint density at radius 1 is 1.00 bits per heavy atom. The number of ketones is 1. The molecule has 0 amide bonds. The Balaban J connectivity index is 1.72. The first-order chi connectivity index (χ1) is 9.33. The fraction of sp³-hybridized carbons (Fsp3) is 0.0625. The Labute approximate surface area is 116 Å². The van der Waals surface area contributed by atoms with Crippen LogP contribution in [0.15, 0.2) is 65.7 Å². The van der Waals surface area contributed by atoms with Crippen LogP contribution in [0.25, 0.3) is 6.08 Å². The molecule has 0 fully saturated rings. The van der Waals surface area contributed by atoms with Crippen molar-refractivity contribution in [3.8, 4) is 0 Å². The fourth-order valence-electron chi connectivity index (χ4n) is 1.96. The van der Waals surface area contributed by atoms with Crippen molar-refractivity contribution >= 4 is 23.8 Å². The van der Waals surface area contributed by atoms with E-state index >= 15 is 0 Å². The summed E-state index contributed by atoms with van der Waals surface area (Å²) in [6.07, 6.45) is 4.01. The summed E-state index contributed by atoms with van der Waals surface area (Å²) >= 11 is 1.61. The van der Waals surface area contributed by atoms with Crippen molar-refractivity contribution in [2.75, 3.05) is 6.54 Å². The third-order valence-electron chi connectivity index (χ3n) is 2.95. The maximum Gasteiger partial charge on any atom is 0.183 e. The second kappa shape index (κ2) is 5.33. The average molecular weight is 267 g/mol. The van der Waals surface area contributed by atoms with Crippen LogP contribution in [0, 0.1) is 0 Å². The molecule has 3 heteroatoms. The quantitative estimate of drug-likeness (QED) is 0.622. The minimum Gasteiger partial charge on any atom is -0.311 e. The molecule has 2 nitrogen and oxygen atoms in total. The van der Waals surface area contributed by atoms with Crippen LogP contribution in [0.1, 0.15) is 15.9 Å². The van der Waals surface area contributed by atoms with E-state index in [0.717, 1.165) is 5.56 Å². The highest BCUT2D eigenvalue weighted by molar-refractivity contribution is 7.97. The Morgan fingerprint density at radius 2 is 1.74 bits per heavy atom. The van der Waals surface area contributed by atoms with Gasteiger partial charge in [0.25, 0.3) is 0 Å². The van der Waals surface area contributed by atoms with E-state index in [9.17, 15) is 4.79 Å². The van der Waals surface area contributed by atoms with Gasteiger partial charge in [0.1, 0.15) is 0 Å². The van der Waals surface area contributed by atoms with Gasteiger partial charge in [-0.05, 0) is 29.7 Å². The Hall–Kier alpha value is -2.00. The zero-order chi connectivity index (χ0) is 13.1. The Morgan fingerprint density at radius 3 is 2.58 bits per heavy atom. The Kier molecular flexibility index (Phi) is 3.38. The summed E-state index contributed by atoms with van der Waals surface area (Å²) in [6.45, 7) is 0.388. The molecule has 0 bridgehead atoms. The van der Waals surface area contributed by atoms with Gasteiger partial charge >= 0.3 is 0 Å². The lowest BCUT2D eigenvalue weighted by atomic mass is 10.1. The number of carbonyl (C=O) groups is 1. The van der Waals surface area contributed by atoms with Gasteiger partial charge in [0.15, 0.2) is 5.78 Å². The standard InChI is InChI=1S/C16H13NOS/c18-15(13-6-2-1-3-7-13)12-17-11-10-14-8-4-5-9-16(14)19-17/h1-11H,12H2. The van der Waals surface area contributed by atoms with Gasteiger partial charge in [-0.3, -0.25) is 4.79 Å². The van der Waals surface area contributed by atoms with E-state index in [2.05, 4.69) is 12.1 Å². The molecule has 3 rings (SSSR count). The van der Waals surface area contributed by atoms with Gasteiger partial charge < -0.3 is 4.31 Å². The Bertz CT molecular complexity index is 622. The second-order valence-electron chi connectivity index (χ2n) is 4.31. The zero-order valence-corrected chi connectivity index (χ0v) is 11.1. The molecule has 2 aromatic carbocycles. The molecule has 0 aliphatic carbocycles. The van der Waals surface area contributed by atoms with Crippen molar-refractivity contribution in [2.45, 2.75) is 4.90 Å². The lowest BCUT2D eigenvalue weighted by Gasteiger charge is -2.22. The number of hydrogen-bond acceptors (Lipinski definition) is 3. The molecular weight excluding hydrogens is 254 g/mol. The second-order valence-corrected chi connectivity index (χ2v) is 5.40. The van der Waals surface area contributed by atoms with Crippen molar-refractivity contribution in [2.24, 2.45) is 0 Å². The highest BCUT2D eigenvalue weighted by Crippen LogP contribution is 2.31. The lowest BCUT2D eigenvalue weighted by Crippen LogP contribution is -2.20. The molecule has 0 saturated carbocycles. The van der Waals surface area contributed by atoms with E-state index < -0.39 is 0 Å². The third kappa shape index (κ3) is 2.71. The summed E-state index contributed by atoms with van der Waals surface area (Å²) in [4.78, 5) is 13.3. The predicted molar refractivity (Wildman–Crippen MR) is 78.8 cm³/mol. The minimum absolute atomic E-state index is 0.136. The van der Waals surface area contributed by atoms with Crippen LogP contribution >= 0.6 is 11.9 Å². The highest BCUT2D eigenvalue weighted by Gasteiger charge is 2.15. The van der Waals surface area contributed by atoms with Crippen molar-refractivity contribution in [3.63, 3.8) is 0 Å². The third-order valence-corrected chi connectivity index (χ3v) is 4.00. The molecule has 0 unspecified atom stereocenters. The number of fused-ring (bicyclic) bond motifs is 1. The number of rotatable bonds is 3. The van der Waals surface area contributed by atoms with Crippen LogP contribution in [0.3, 0.4) is 0 Å². The van der Waals surface area contributed by atoms with Crippen LogP contribution in [0.4, 0.5) is 0 Å². The number of benzene rings is 2. The number of hydrogen-bond donors (Lipinski definition) is 0. The molecular formula is C16H13NOS. The smallest absolute Gasteiger partial charge is 0.183 e. The lowest BCUT2D eigenvalue weighted by molar-refractivity contribution is 0.0980. The molecule has 0 atom stereocenters. The largest absolute Gasteiger partial charge is 0.311 e. The van der Waals surface area contributed by atoms with Crippen molar-refractivity contribution in [1.29, 1.82) is 0 Å². The summed E-state index contributed by atoms with van der Waals surface area (Å²) in [5.41, 5.74) is 1.96. The first-order valence-corrected chi connectivity index (χ1v) is 6.90. The molecule has 0 N–H and O–H groups in total. The molecule has 2 aromatic rings. The van der Waals surface area contributed by atoms with Gasteiger partial charge in [0, 0.05) is 16.7 Å². The van der Waals surface area contributed by atoms with E-state index in [0.29, 0.717) is 6.54 Å². The molecule has 0 aromatic heterocycles. The summed E-state index contributed by atoms with van der Waals surface area (Å²) in [5.74, 6) is 0.136. The van der Waals surface area contributed by atoms with Crippen LogP contribution in [-0.4, -0.2) is 16.6 Å². The number of nitrogens with zero attached hydrogens (tertiary/aromatic N) is 1. The van der Waals surface area contributed by atoms with Gasteiger partial charge in [-0.1, -0.05) is 48.5 Å². The maximum atomic E-state index is 12.1. The number of Topliss-reactive ketones (excluding diaryl/α,β-unsaturated/α-hetero) is 1. The van der Waals surface area contributed by atoms with Crippen molar-refractivity contribution < 1.29 is 4.79 Å². The first-order valence-electron chi connectivity index (χ1n) is 6.13. The van der Waals surface area contributed by atoms with Crippen LogP contribution < -0.4 is 0 Å². The van der Waals surface area contributed by atoms with Gasteiger partial charge in [-0.15, -0.1) is 0 Å². The molecule has 0 spiro atoms. The SMILES string of the molecule is O=C(CN1C=Cc2ccccc2S1)c1ccccc1. The zero-order valence-electron chi connectivity index (χ0n) is 10.3. The van der Waals surface area contributed by atoms with Crippen molar-refractivity contribution in [3.05, 3.63) is 71.9 Å². The van der Waals surface area contributed by atoms with E-state index in [1.165, 1.54) is 10.5 Å². The fourth-order valence-corrected chi connectivity index (χ4v) is 2.90. The van der Waals surface area contributed by atoms with Crippen LogP contribution in [0.2, 0.25) is 0 Å². The maximum absolute atomic E-state index is 12.1. The summed E-state index contributed by atoms with van der Waals surface area (Å²) < 4.78 is 1.97.